The van der Waals surface area contributed by atoms with Gasteiger partial charge < -0.3 is 5.32 Å². The Kier molecular flexibility index (Phi) is 4.97. The highest BCUT2D eigenvalue weighted by Gasteiger charge is 2.24. The van der Waals surface area contributed by atoms with Crippen molar-refractivity contribution in [3.05, 3.63) is 40.9 Å². The first-order valence-electron chi connectivity index (χ1n) is 7.64. The van der Waals surface area contributed by atoms with E-state index in [4.69, 9.17) is 0 Å². The molecule has 0 spiro atoms. The summed E-state index contributed by atoms with van der Waals surface area (Å²) in [5, 5.41) is 3.34. The Morgan fingerprint density at radius 1 is 1.52 bits per heavy atom. The number of thiazole rings is 1. The molecular formula is C16H19FN4OS. The molecule has 0 saturated carbocycles. The van der Waals surface area contributed by atoms with Gasteiger partial charge in [-0.1, -0.05) is 0 Å². The van der Waals surface area contributed by atoms with Crippen molar-refractivity contribution < 1.29 is 9.18 Å². The molecule has 7 heteroatoms. The summed E-state index contributed by atoms with van der Waals surface area (Å²) < 4.78 is 13.7. The first-order chi connectivity index (χ1) is 11.1. The lowest BCUT2D eigenvalue weighted by Gasteiger charge is -2.14. The Labute approximate surface area is 138 Å². The highest BCUT2D eigenvalue weighted by atomic mass is 32.1. The van der Waals surface area contributed by atoms with E-state index >= 15 is 0 Å². The van der Waals surface area contributed by atoms with Gasteiger partial charge in [-0.15, -0.1) is 11.3 Å². The minimum atomic E-state index is -0.214. The molecule has 1 fully saturated rings. The fourth-order valence-corrected chi connectivity index (χ4v) is 3.78. The van der Waals surface area contributed by atoms with Crippen LogP contribution in [0.3, 0.4) is 0 Å². The maximum atomic E-state index is 13.7. The van der Waals surface area contributed by atoms with Crippen LogP contribution in [0.25, 0.3) is 0 Å². The number of aromatic nitrogens is 2. The molecule has 1 aliphatic rings. The lowest BCUT2D eigenvalue weighted by molar-refractivity contribution is -0.114. The van der Waals surface area contributed by atoms with Gasteiger partial charge in [0, 0.05) is 37.3 Å². The van der Waals surface area contributed by atoms with Gasteiger partial charge in [0.05, 0.1) is 5.69 Å². The van der Waals surface area contributed by atoms with Gasteiger partial charge >= 0.3 is 0 Å². The third-order valence-electron chi connectivity index (χ3n) is 3.90. The van der Waals surface area contributed by atoms with Crippen LogP contribution in [0.2, 0.25) is 0 Å². The van der Waals surface area contributed by atoms with E-state index < -0.39 is 0 Å². The van der Waals surface area contributed by atoms with Gasteiger partial charge in [0.15, 0.2) is 5.13 Å². The molecule has 1 unspecified atom stereocenters. The Morgan fingerprint density at radius 3 is 3.17 bits per heavy atom. The molecule has 0 aromatic carbocycles. The summed E-state index contributed by atoms with van der Waals surface area (Å²) in [7, 11) is 0. The normalized spacial score (nSPS) is 18.3. The zero-order valence-corrected chi connectivity index (χ0v) is 13.8. The van der Waals surface area contributed by atoms with Gasteiger partial charge in [-0.2, -0.15) is 0 Å². The van der Waals surface area contributed by atoms with Crippen molar-refractivity contribution in [1.82, 2.24) is 14.9 Å². The molecule has 0 radical (unpaired) electrons. The van der Waals surface area contributed by atoms with E-state index in [2.05, 4.69) is 20.2 Å². The number of nitrogens with one attached hydrogen (secondary N) is 1. The molecule has 0 bridgehead atoms. The summed E-state index contributed by atoms with van der Waals surface area (Å²) in [6, 6.07) is 3.09. The number of carbonyl (C=O) groups is 1. The van der Waals surface area contributed by atoms with Crippen molar-refractivity contribution in [2.45, 2.75) is 26.3 Å². The minimum absolute atomic E-state index is 0.107. The number of amides is 1. The predicted octanol–water partition coefficient (Wildman–Crippen LogP) is 2.70. The standard InChI is InChI=1S/C16H19FN4OS/c1-11(22)20-16-19-8-13(23-16)10-21-6-4-12(9-21)7-15-14(17)3-2-5-18-15/h2-3,5,8,12H,4,6-7,9-10H2,1H3,(H,19,20,22). The maximum absolute atomic E-state index is 13.7. The number of pyridine rings is 1. The zero-order valence-electron chi connectivity index (χ0n) is 13.0. The van der Waals surface area contributed by atoms with Crippen molar-refractivity contribution in [2.24, 2.45) is 5.92 Å². The van der Waals surface area contributed by atoms with Gasteiger partial charge in [0.1, 0.15) is 5.82 Å². The van der Waals surface area contributed by atoms with Gasteiger partial charge in [-0.25, -0.2) is 9.37 Å². The number of anilines is 1. The van der Waals surface area contributed by atoms with Gasteiger partial charge in [-0.05, 0) is 37.4 Å². The first kappa shape index (κ1) is 16.0. The molecule has 122 valence electrons. The quantitative estimate of drug-likeness (QED) is 0.913. The first-order valence-corrected chi connectivity index (χ1v) is 8.46. The number of nitrogens with zero attached hydrogens (tertiary/aromatic N) is 3. The number of likely N-dealkylation sites (tertiary alicyclic amines) is 1. The predicted molar refractivity (Wildman–Crippen MR) is 87.7 cm³/mol. The third-order valence-corrected chi connectivity index (χ3v) is 4.80. The minimum Gasteiger partial charge on any atom is -0.302 e. The molecule has 1 amide bonds. The summed E-state index contributed by atoms with van der Waals surface area (Å²) in [5.74, 6) is 0.111. The maximum Gasteiger partial charge on any atom is 0.223 e. The highest BCUT2D eigenvalue weighted by Crippen LogP contribution is 2.25. The van der Waals surface area contributed by atoms with E-state index in [1.54, 1.807) is 12.3 Å². The second-order valence-electron chi connectivity index (χ2n) is 5.84. The Morgan fingerprint density at radius 2 is 2.39 bits per heavy atom. The lowest BCUT2D eigenvalue weighted by atomic mass is 10.0. The molecule has 3 rings (SSSR count). The van der Waals surface area contributed by atoms with Crippen LogP contribution in [0.4, 0.5) is 9.52 Å². The van der Waals surface area contributed by atoms with Crippen LogP contribution in [0.5, 0.6) is 0 Å². The van der Waals surface area contributed by atoms with Crippen molar-refractivity contribution in [3.8, 4) is 0 Å². The van der Waals surface area contributed by atoms with Crippen molar-refractivity contribution in [1.29, 1.82) is 0 Å². The summed E-state index contributed by atoms with van der Waals surface area (Å²) in [5.41, 5.74) is 0.560. The topological polar surface area (TPSA) is 58.1 Å². The van der Waals surface area contributed by atoms with E-state index in [1.165, 1.54) is 24.3 Å². The number of hydrogen-bond donors (Lipinski definition) is 1. The largest absolute Gasteiger partial charge is 0.302 e. The Hall–Kier alpha value is -1.86. The average Bonchev–Trinajstić information content (AvgIpc) is 3.11. The molecular weight excluding hydrogens is 315 g/mol. The molecule has 1 N–H and O–H groups in total. The van der Waals surface area contributed by atoms with Crippen molar-refractivity contribution in [2.75, 3.05) is 18.4 Å². The van der Waals surface area contributed by atoms with E-state index in [1.807, 2.05) is 6.20 Å². The van der Waals surface area contributed by atoms with E-state index in [9.17, 15) is 9.18 Å². The second kappa shape index (κ2) is 7.14. The molecule has 1 saturated heterocycles. The summed E-state index contributed by atoms with van der Waals surface area (Å²) in [4.78, 5) is 22.8. The fourth-order valence-electron chi connectivity index (χ4n) is 2.87. The second-order valence-corrected chi connectivity index (χ2v) is 6.95. The van der Waals surface area contributed by atoms with E-state index in [0.717, 1.165) is 30.9 Å². The van der Waals surface area contributed by atoms with Gasteiger partial charge in [0.25, 0.3) is 0 Å². The Balaban J connectivity index is 1.53. The van der Waals surface area contributed by atoms with Gasteiger partial charge in [0.2, 0.25) is 5.91 Å². The molecule has 23 heavy (non-hydrogen) atoms. The molecule has 3 heterocycles. The van der Waals surface area contributed by atoms with Crippen LogP contribution in [-0.2, 0) is 17.8 Å². The van der Waals surface area contributed by atoms with Crippen LogP contribution >= 0.6 is 11.3 Å². The molecule has 0 aliphatic carbocycles. The number of hydrogen-bond acceptors (Lipinski definition) is 5. The van der Waals surface area contributed by atoms with Crippen LogP contribution in [0.1, 0.15) is 23.9 Å². The number of carbonyl (C=O) groups excluding carboxylic acids is 1. The molecule has 2 aromatic rings. The molecule has 5 nitrogen and oxygen atoms in total. The monoisotopic (exact) mass is 334 g/mol. The lowest BCUT2D eigenvalue weighted by Crippen LogP contribution is -2.20. The van der Waals surface area contributed by atoms with E-state index in [0.29, 0.717) is 23.2 Å². The molecule has 2 aromatic heterocycles. The SMILES string of the molecule is CC(=O)Nc1ncc(CN2CCC(Cc3ncccc3F)C2)s1. The van der Waals surface area contributed by atoms with E-state index in [-0.39, 0.29) is 11.7 Å². The van der Waals surface area contributed by atoms with Crippen LogP contribution in [0.15, 0.2) is 24.5 Å². The number of halogens is 1. The van der Waals surface area contributed by atoms with Gasteiger partial charge in [-0.3, -0.25) is 14.7 Å². The summed E-state index contributed by atoms with van der Waals surface area (Å²) in [6.45, 7) is 4.22. The smallest absolute Gasteiger partial charge is 0.223 e. The van der Waals surface area contributed by atoms with Crippen LogP contribution in [0, 0.1) is 11.7 Å². The Bertz CT molecular complexity index is 690. The van der Waals surface area contributed by atoms with Crippen LogP contribution < -0.4 is 5.32 Å². The summed E-state index contributed by atoms with van der Waals surface area (Å²) >= 11 is 1.50. The molecule has 1 aliphatic heterocycles. The average molecular weight is 334 g/mol. The zero-order chi connectivity index (χ0) is 16.2. The van der Waals surface area contributed by atoms with Crippen LogP contribution in [-0.4, -0.2) is 33.9 Å². The third kappa shape index (κ3) is 4.33. The molecule has 1 atom stereocenters. The van der Waals surface area contributed by atoms with Crippen molar-refractivity contribution >= 4 is 22.4 Å². The fraction of sp³-hybridized carbons (Fsp3) is 0.438. The highest BCUT2D eigenvalue weighted by molar-refractivity contribution is 7.15. The van der Waals surface area contributed by atoms with Crippen molar-refractivity contribution in [3.63, 3.8) is 0 Å². The summed E-state index contributed by atoms with van der Waals surface area (Å²) in [6.07, 6.45) is 5.18. The number of rotatable bonds is 5.